The molecule has 0 unspecified atom stereocenters. The molecular formula is C8H14. The summed E-state index contributed by atoms with van der Waals surface area (Å²) < 4.78 is 0. The lowest BCUT2D eigenvalue weighted by Crippen LogP contribution is -1.70. The Hall–Kier alpha value is -0.260. The number of allylic oxidation sites excluding steroid dienone is 2. The van der Waals surface area contributed by atoms with E-state index in [4.69, 9.17) is 0 Å². The summed E-state index contributed by atoms with van der Waals surface area (Å²) in [7, 11) is 0. The molecule has 1 fully saturated rings. The van der Waals surface area contributed by atoms with Crippen molar-refractivity contribution < 1.29 is 0 Å². The van der Waals surface area contributed by atoms with E-state index in [0.717, 1.165) is 11.8 Å². The topological polar surface area (TPSA) is 0 Å². The zero-order valence-corrected chi connectivity index (χ0v) is 5.94. The van der Waals surface area contributed by atoms with E-state index in [1.807, 2.05) is 0 Å². The van der Waals surface area contributed by atoms with Crippen molar-refractivity contribution in [1.82, 2.24) is 0 Å². The molecule has 1 rings (SSSR count). The lowest BCUT2D eigenvalue weighted by molar-refractivity contribution is 0.892. The van der Waals surface area contributed by atoms with Crippen molar-refractivity contribution in [3.8, 4) is 0 Å². The molecule has 0 amide bonds. The Labute approximate surface area is 51.6 Å². The normalized spacial score (nSPS) is 34.4. The number of hydrogen-bond donors (Lipinski definition) is 0. The van der Waals surface area contributed by atoms with Gasteiger partial charge in [-0.25, -0.2) is 0 Å². The van der Waals surface area contributed by atoms with Crippen LogP contribution in [0.25, 0.3) is 0 Å². The van der Waals surface area contributed by atoms with Crippen LogP contribution in [0.2, 0.25) is 0 Å². The van der Waals surface area contributed by atoms with Crippen molar-refractivity contribution in [2.75, 3.05) is 0 Å². The van der Waals surface area contributed by atoms with Crippen molar-refractivity contribution in [3.05, 3.63) is 11.6 Å². The first-order valence-electron chi connectivity index (χ1n) is 3.35. The zero-order chi connectivity index (χ0) is 6.15. The van der Waals surface area contributed by atoms with E-state index in [9.17, 15) is 0 Å². The van der Waals surface area contributed by atoms with E-state index >= 15 is 0 Å². The van der Waals surface area contributed by atoms with Crippen LogP contribution in [-0.4, -0.2) is 0 Å². The van der Waals surface area contributed by atoms with Gasteiger partial charge in [0.1, 0.15) is 0 Å². The van der Waals surface area contributed by atoms with Gasteiger partial charge in [-0.05, 0) is 32.1 Å². The highest BCUT2D eigenvalue weighted by atomic mass is 14.3. The molecule has 8 heavy (non-hydrogen) atoms. The van der Waals surface area contributed by atoms with Gasteiger partial charge in [-0.2, -0.15) is 0 Å². The van der Waals surface area contributed by atoms with Gasteiger partial charge in [0.15, 0.2) is 0 Å². The van der Waals surface area contributed by atoms with Crippen LogP contribution >= 0.6 is 0 Å². The van der Waals surface area contributed by atoms with Gasteiger partial charge in [0.2, 0.25) is 0 Å². The van der Waals surface area contributed by atoms with Gasteiger partial charge in [-0.3, -0.25) is 0 Å². The van der Waals surface area contributed by atoms with Gasteiger partial charge in [0.25, 0.3) is 0 Å². The standard InChI is InChI=1S/C8H14/c1-6(2)4-8-5-7(8)3/h4,7-8H,5H2,1-3H3/t7-,8+/m1/s1. The van der Waals surface area contributed by atoms with Gasteiger partial charge < -0.3 is 0 Å². The summed E-state index contributed by atoms with van der Waals surface area (Å²) in [5.74, 6) is 1.91. The highest BCUT2D eigenvalue weighted by Crippen LogP contribution is 2.39. The van der Waals surface area contributed by atoms with E-state index in [1.165, 1.54) is 12.0 Å². The fourth-order valence-electron chi connectivity index (χ4n) is 1.01. The summed E-state index contributed by atoms with van der Waals surface area (Å²) >= 11 is 0. The van der Waals surface area contributed by atoms with Crippen LogP contribution in [0.4, 0.5) is 0 Å². The molecule has 0 aliphatic heterocycles. The minimum atomic E-state index is 0.931. The number of hydrogen-bond acceptors (Lipinski definition) is 0. The highest BCUT2D eigenvalue weighted by Gasteiger charge is 2.29. The third kappa shape index (κ3) is 1.36. The molecule has 0 bridgehead atoms. The van der Waals surface area contributed by atoms with Gasteiger partial charge in [-0.15, -0.1) is 0 Å². The monoisotopic (exact) mass is 110 g/mol. The van der Waals surface area contributed by atoms with Gasteiger partial charge in [0, 0.05) is 0 Å². The van der Waals surface area contributed by atoms with Crippen LogP contribution in [0, 0.1) is 11.8 Å². The first kappa shape index (κ1) is 5.87. The average molecular weight is 110 g/mol. The van der Waals surface area contributed by atoms with Crippen molar-refractivity contribution in [2.24, 2.45) is 11.8 Å². The summed E-state index contributed by atoms with van der Waals surface area (Å²) in [6.45, 7) is 6.65. The van der Waals surface area contributed by atoms with Crippen LogP contribution in [-0.2, 0) is 0 Å². The molecule has 0 N–H and O–H groups in total. The Kier molecular flexibility index (Phi) is 1.41. The summed E-state index contributed by atoms with van der Waals surface area (Å²) in [6, 6.07) is 0. The summed E-state index contributed by atoms with van der Waals surface area (Å²) in [5, 5.41) is 0. The third-order valence-corrected chi connectivity index (χ3v) is 1.72. The predicted molar refractivity (Wildman–Crippen MR) is 36.7 cm³/mol. The van der Waals surface area contributed by atoms with E-state index in [0.29, 0.717) is 0 Å². The van der Waals surface area contributed by atoms with Crippen molar-refractivity contribution in [1.29, 1.82) is 0 Å². The lowest BCUT2D eigenvalue weighted by Gasteiger charge is -1.85. The molecule has 0 saturated heterocycles. The fourth-order valence-corrected chi connectivity index (χ4v) is 1.01. The Balaban J connectivity index is 2.32. The zero-order valence-electron chi connectivity index (χ0n) is 5.94. The summed E-state index contributed by atoms with van der Waals surface area (Å²) in [5.41, 5.74) is 1.47. The Morgan fingerprint density at radius 3 is 2.12 bits per heavy atom. The molecule has 46 valence electrons. The van der Waals surface area contributed by atoms with Gasteiger partial charge >= 0.3 is 0 Å². The van der Waals surface area contributed by atoms with Crippen LogP contribution in [0.5, 0.6) is 0 Å². The Morgan fingerprint density at radius 2 is 2.00 bits per heavy atom. The van der Waals surface area contributed by atoms with Gasteiger partial charge in [0.05, 0.1) is 0 Å². The van der Waals surface area contributed by atoms with Crippen LogP contribution in [0.1, 0.15) is 27.2 Å². The molecular weight excluding hydrogens is 96.1 g/mol. The largest absolute Gasteiger partial charge is 0.0825 e. The lowest BCUT2D eigenvalue weighted by atomic mass is 10.2. The fraction of sp³-hybridized carbons (Fsp3) is 0.750. The molecule has 0 aromatic carbocycles. The van der Waals surface area contributed by atoms with E-state index in [-0.39, 0.29) is 0 Å². The van der Waals surface area contributed by atoms with E-state index < -0.39 is 0 Å². The first-order valence-corrected chi connectivity index (χ1v) is 3.35. The summed E-state index contributed by atoms with van der Waals surface area (Å²) in [4.78, 5) is 0. The SMILES string of the molecule is CC(C)=C[C@H]1C[C@H]1C. The molecule has 0 spiro atoms. The average Bonchev–Trinajstić information content (AvgIpc) is 2.17. The van der Waals surface area contributed by atoms with Crippen LogP contribution in [0.3, 0.4) is 0 Å². The molecule has 1 aliphatic carbocycles. The number of rotatable bonds is 1. The quantitative estimate of drug-likeness (QED) is 0.455. The second kappa shape index (κ2) is 1.93. The molecule has 1 aliphatic rings. The van der Waals surface area contributed by atoms with Crippen LogP contribution in [0.15, 0.2) is 11.6 Å². The molecule has 0 nitrogen and oxygen atoms in total. The molecule has 0 heterocycles. The highest BCUT2D eigenvalue weighted by molar-refractivity contribution is 5.05. The molecule has 0 aromatic rings. The van der Waals surface area contributed by atoms with Crippen molar-refractivity contribution in [2.45, 2.75) is 27.2 Å². The molecule has 1 saturated carbocycles. The Morgan fingerprint density at radius 1 is 1.50 bits per heavy atom. The second-order valence-electron chi connectivity index (χ2n) is 3.12. The van der Waals surface area contributed by atoms with E-state index in [1.54, 1.807) is 0 Å². The van der Waals surface area contributed by atoms with Crippen molar-refractivity contribution >= 4 is 0 Å². The second-order valence-corrected chi connectivity index (χ2v) is 3.12. The maximum Gasteiger partial charge on any atom is -0.0202 e. The van der Waals surface area contributed by atoms with E-state index in [2.05, 4.69) is 26.8 Å². The third-order valence-electron chi connectivity index (χ3n) is 1.72. The molecule has 0 radical (unpaired) electrons. The molecule has 0 heteroatoms. The maximum absolute atomic E-state index is 2.38. The molecule has 0 aromatic heterocycles. The molecule has 2 atom stereocenters. The predicted octanol–water partition coefficient (Wildman–Crippen LogP) is 2.61. The minimum Gasteiger partial charge on any atom is -0.0825 e. The van der Waals surface area contributed by atoms with Crippen LogP contribution < -0.4 is 0 Å². The van der Waals surface area contributed by atoms with Crippen molar-refractivity contribution in [3.63, 3.8) is 0 Å². The summed E-state index contributed by atoms with van der Waals surface area (Å²) in [6.07, 6.45) is 3.80. The smallest absolute Gasteiger partial charge is 0.0202 e. The minimum absolute atomic E-state index is 0.931. The Bertz CT molecular complexity index is 107. The van der Waals surface area contributed by atoms with Gasteiger partial charge in [-0.1, -0.05) is 18.6 Å². The maximum atomic E-state index is 2.38. The first-order chi connectivity index (χ1) is 3.70.